The zero-order valence-electron chi connectivity index (χ0n) is 18.6. The molecule has 1 saturated heterocycles. The molecule has 0 radical (unpaired) electrons. The first-order chi connectivity index (χ1) is 15.6. The molecule has 2 aliphatic rings. The topological polar surface area (TPSA) is 135 Å². The standard InChI is InChI=1S/C22H25NO10/c1-11-17(31-12(2)24)18(32-13(3)25)19(33-14(4)26)22(30-11)29-10-9-23-20(27)15-7-5-6-8-16(15)21(23)28/h5-8,11,17-19,22H,9-10H2,1-4H3. The fourth-order valence-electron chi connectivity index (χ4n) is 3.81. The van der Waals surface area contributed by atoms with Gasteiger partial charge in [-0.25, -0.2) is 0 Å². The van der Waals surface area contributed by atoms with Gasteiger partial charge in [0, 0.05) is 20.8 Å². The lowest BCUT2D eigenvalue weighted by Gasteiger charge is -2.43. The number of ether oxygens (including phenoxy) is 5. The van der Waals surface area contributed by atoms with E-state index in [1.165, 1.54) is 6.92 Å². The highest BCUT2D eigenvalue weighted by Crippen LogP contribution is 2.29. The molecule has 1 aromatic carbocycles. The molecule has 5 atom stereocenters. The minimum Gasteiger partial charge on any atom is -0.456 e. The van der Waals surface area contributed by atoms with Crippen molar-refractivity contribution in [3.05, 3.63) is 35.4 Å². The van der Waals surface area contributed by atoms with Crippen molar-refractivity contribution in [2.24, 2.45) is 0 Å². The number of esters is 3. The molecule has 11 nitrogen and oxygen atoms in total. The molecule has 0 aliphatic carbocycles. The van der Waals surface area contributed by atoms with Crippen LogP contribution < -0.4 is 0 Å². The van der Waals surface area contributed by atoms with E-state index in [-0.39, 0.29) is 13.2 Å². The van der Waals surface area contributed by atoms with Crippen molar-refractivity contribution in [1.29, 1.82) is 0 Å². The van der Waals surface area contributed by atoms with Gasteiger partial charge in [0.15, 0.2) is 24.6 Å². The van der Waals surface area contributed by atoms with E-state index in [4.69, 9.17) is 23.7 Å². The van der Waals surface area contributed by atoms with Crippen molar-refractivity contribution >= 4 is 29.7 Å². The van der Waals surface area contributed by atoms with Gasteiger partial charge in [-0.2, -0.15) is 0 Å². The summed E-state index contributed by atoms with van der Waals surface area (Å²) in [6.45, 7) is 4.84. The van der Waals surface area contributed by atoms with Crippen LogP contribution >= 0.6 is 0 Å². The maximum Gasteiger partial charge on any atom is 0.303 e. The lowest BCUT2D eigenvalue weighted by Crippen LogP contribution is -2.61. The molecule has 2 aliphatic heterocycles. The average molecular weight is 463 g/mol. The zero-order chi connectivity index (χ0) is 24.3. The normalized spacial score (nSPS) is 26.5. The number of carbonyl (C=O) groups is 5. The Morgan fingerprint density at radius 1 is 0.848 bits per heavy atom. The highest BCUT2D eigenvalue weighted by atomic mass is 16.7. The summed E-state index contributed by atoms with van der Waals surface area (Å²) in [5, 5.41) is 0. The lowest BCUT2D eigenvalue weighted by molar-refractivity contribution is -0.300. The van der Waals surface area contributed by atoms with Crippen LogP contribution in [0, 0.1) is 0 Å². The lowest BCUT2D eigenvalue weighted by atomic mass is 9.99. The van der Waals surface area contributed by atoms with Gasteiger partial charge in [0.05, 0.1) is 30.4 Å². The van der Waals surface area contributed by atoms with E-state index in [0.717, 1.165) is 18.7 Å². The molecule has 5 unspecified atom stereocenters. The summed E-state index contributed by atoms with van der Waals surface area (Å²) < 4.78 is 27.3. The van der Waals surface area contributed by atoms with Gasteiger partial charge in [0.2, 0.25) is 0 Å². The van der Waals surface area contributed by atoms with Crippen LogP contribution in [0.5, 0.6) is 0 Å². The number of nitrogens with zero attached hydrogens (tertiary/aromatic N) is 1. The average Bonchev–Trinajstić information content (AvgIpc) is 2.97. The third-order valence-electron chi connectivity index (χ3n) is 5.11. The third kappa shape index (κ3) is 5.37. The van der Waals surface area contributed by atoms with Crippen molar-refractivity contribution in [2.45, 2.75) is 58.4 Å². The third-order valence-corrected chi connectivity index (χ3v) is 5.11. The predicted octanol–water partition coefficient (Wildman–Crippen LogP) is 0.839. The maximum atomic E-state index is 12.5. The number of fused-ring (bicyclic) bond motifs is 1. The summed E-state index contributed by atoms with van der Waals surface area (Å²) in [7, 11) is 0. The summed E-state index contributed by atoms with van der Waals surface area (Å²) in [5.74, 6) is -2.92. The first-order valence-corrected chi connectivity index (χ1v) is 10.3. The number of rotatable bonds is 7. The van der Waals surface area contributed by atoms with Crippen LogP contribution in [0.25, 0.3) is 0 Å². The molecule has 1 fully saturated rings. The molecule has 0 spiro atoms. The maximum absolute atomic E-state index is 12.5. The molecule has 0 N–H and O–H groups in total. The van der Waals surface area contributed by atoms with Gasteiger partial charge >= 0.3 is 17.9 Å². The van der Waals surface area contributed by atoms with E-state index >= 15 is 0 Å². The van der Waals surface area contributed by atoms with E-state index in [2.05, 4.69) is 0 Å². The van der Waals surface area contributed by atoms with Gasteiger partial charge in [0.1, 0.15) is 0 Å². The van der Waals surface area contributed by atoms with Crippen molar-refractivity contribution in [3.63, 3.8) is 0 Å². The van der Waals surface area contributed by atoms with Gasteiger partial charge in [-0.1, -0.05) is 12.1 Å². The number of imide groups is 1. The molecule has 1 aromatic rings. The van der Waals surface area contributed by atoms with Crippen molar-refractivity contribution in [1.82, 2.24) is 4.90 Å². The highest BCUT2D eigenvalue weighted by Gasteiger charge is 2.51. The second kappa shape index (κ2) is 10.1. The van der Waals surface area contributed by atoms with E-state index in [0.29, 0.717) is 11.1 Å². The van der Waals surface area contributed by atoms with Crippen LogP contribution in [-0.4, -0.2) is 78.5 Å². The van der Waals surface area contributed by atoms with E-state index in [1.807, 2.05) is 0 Å². The Labute approximate surface area is 189 Å². The number of benzene rings is 1. The fraction of sp³-hybridized carbons (Fsp3) is 0.500. The Kier molecular flexibility index (Phi) is 7.44. The van der Waals surface area contributed by atoms with Gasteiger partial charge in [0.25, 0.3) is 11.8 Å². The second-order valence-corrected chi connectivity index (χ2v) is 7.61. The summed E-state index contributed by atoms with van der Waals surface area (Å²) >= 11 is 0. The number of amides is 2. The van der Waals surface area contributed by atoms with Crippen LogP contribution in [0.15, 0.2) is 24.3 Å². The van der Waals surface area contributed by atoms with E-state index in [9.17, 15) is 24.0 Å². The molecule has 33 heavy (non-hydrogen) atoms. The fourth-order valence-corrected chi connectivity index (χ4v) is 3.81. The first-order valence-electron chi connectivity index (χ1n) is 10.3. The Morgan fingerprint density at radius 2 is 1.33 bits per heavy atom. The van der Waals surface area contributed by atoms with Crippen LogP contribution in [0.1, 0.15) is 48.4 Å². The Morgan fingerprint density at radius 3 is 1.85 bits per heavy atom. The Balaban J connectivity index is 1.73. The molecule has 3 rings (SSSR count). The van der Waals surface area contributed by atoms with Crippen molar-refractivity contribution in [2.75, 3.05) is 13.2 Å². The summed E-state index contributed by atoms with van der Waals surface area (Å²) in [6.07, 6.45) is -5.49. The summed E-state index contributed by atoms with van der Waals surface area (Å²) in [6, 6.07) is 6.47. The van der Waals surface area contributed by atoms with Crippen molar-refractivity contribution < 1.29 is 47.7 Å². The zero-order valence-corrected chi connectivity index (χ0v) is 18.6. The minimum atomic E-state index is -1.26. The Bertz CT molecular complexity index is 925. The van der Waals surface area contributed by atoms with E-state index in [1.54, 1.807) is 31.2 Å². The SMILES string of the molecule is CC(=O)OC1C(C)OC(OCCN2C(=O)c3ccccc3C2=O)C(OC(C)=O)C1OC(C)=O. The molecule has 178 valence electrons. The molecule has 2 heterocycles. The van der Waals surface area contributed by atoms with Gasteiger partial charge in [-0.15, -0.1) is 0 Å². The number of hydrogen-bond donors (Lipinski definition) is 0. The Hall–Kier alpha value is -3.31. The molecule has 0 saturated carbocycles. The number of carbonyl (C=O) groups excluding carboxylic acids is 5. The molecule has 2 amide bonds. The molecule has 0 bridgehead atoms. The minimum absolute atomic E-state index is 0.0843. The van der Waals surface area contributed by atoms with Gasteiger partial charge in [-0.05, 0) is 19.1 Å². The smallest absolute Gasteiger partial charge is 0.303 e. The molecule has 0 aromatic heterocycles. The highest BCUT2D eigenvalue weighted by molar-refractivity contribution is 6.21. The van der Waals surface area contributed by atoms with Crippen LogP contribution in [0.2, 0.25) is 0 Å². The molecular weight excluding hydrogens is 438 g/mol. The molecule has 11 heteroatoms. The van der Waals surface area contributed by atoms with E-state index < -0.39 is 60.4 Å². The van der Waals surface area contributed by atoms with Crippen LogP contribution in [0.3, 0.4) is 0 Å². The quantitative estimate of drug-likeness (QED) is 0.325. The molecular formula is C22H25NO10. The summed E-state index contributed by atoms with van der Waals surface area (Å²) in [5.41, 5.74) is 0.615. The van der Waals surface area contributed by atoms with Gasteiger partial charge < -0.3 is 23.7 Å². The van der Waals surface area contributed by atoms with Crippen molar-refractivity contribution in [3.8, 4) is 0 Å². The predicted molar refractivity (Wildman–Crippen MR) is 109 cm³/mol. The summed E-state index contributed by atoms with van der Waals surface area (Å²) in [4.78, 5) is 61.0. The largest absolute Gasteiger partial charge is 0.456 e. The first kappa shape index (κ1) is 24.3. The van der Waals surface area contributed by atoms with Crippen LogP contribution in [-0.2, 0) is 38.1 Å². The second-order valence-electron chi connectivity index (χ2n) is 7.61. The monoisotopic (exact) mass is 463 g/mol. The van der Waals surface area contributed by atoms with Crippen LogP contribution in [0.4, 0.5) is 0 Å². The number of hydrogen-bond acceptors (Lipinski definition) is 10. The van der Waals surface area contributed by atoms with Gasteiger partial charge in [-0.3, -0.25) is 28.9 Å².